The first-order chi connectivity index (χ1) is 12.4. The fourth-order valence-corrected chi connectivity index (χ4v) is 3.49. The van der Waals surface area contributed by atoms with Crippen LogP contribution in [0.5, 0.6) is 5.75 Å². The molecule has 138 valence electrons. The summed E-state index contributed by atoms with van der Waals surface area (Å²) in [5.41, 5.74) is 1.89. The summed E-state index contributed by atoms with van der Waals surface area (Å²) in [4.78, 5) is 14.6. The lowest BCUT2D eigenvalue weighted by atomic mass is 10.2. The average Bonchev–Trinajstić information content (AvgIpc) is 3.15. The molecule has 0 aliphatic carbocycles. The molecule has 3 rings (SSSR count). The number of carbonyl (C=O) groups excluding carboxylic acids is 1. The maximum Gasteiger partial charge on any atom is 0.262 e. The van der Waals surface area contributed by atoms with Gasteiger partial charge in [-0.2, -0.15) is 0 Å². The van der Waals surface area contributed by atoms with E-state index >= 15 is 0 Å². The molecule has 0 aromatic heterocycles. The number of amides is 1. The van der Waals surface area contributed by atoms with Crippen molar-refractivity contribution >= 4 is 27.1 Å². The minimum Gasteiger partial charge on any atom is -0.484 e. The van der Waals surface area contributed by atoms with E-state index in [0.717, 1.165) is 19.3 Å². The average molecular weight is 374 g/mol. The second-order valence-corrected chi connectivity index (χ2v) is 8.34. The van der Waals surface area contributed by atoms with Gasteiger partial charge < -0.3 is 15.0 Å². The second-order valence-electron chi connectivity index (χ2n) is 6.32. The third-order valence-corrected chi connectivity index (χ3v) is 5.37. The van der Waals surface area contributed by atoms with Gasteiger partial charge in [0.25, 0.3) is 5.91 Å². The van der Waals surface area contributed by atoms with E-state index in [2.05, 4.69) is 10.2 Å². The number of ether oxygens (including phenoxy) is 1. The van der Waals surface area contributed by atoms with Gasteiger partial charge in [-0.25, -0.2) is 8.42 Å². The Balaban J connectivity index is 1.51. The molecule has 0 radical (unpaired) electrons. The van der Waals surface area contributed by atoms with Gasteiger partial charge in [-0.05, 0) is 61.4 Å². The standard InChI is InChI=1S/C19H22N2O4S/c1-26(23,24)18-10-8-17(9-11-18)25-14-19(22)20-15-4-6-16(7-5-15)21-12-2-3-13-21/h4-11H,2-3,12-14H2,1H3,(H,20,22). The Kier molecular flexibility index (Phi) is 5.46. The number of carbonyl (C=O) groups is 1. The lowest BCUT2D eigenvalue weighted by molar-refractivity contribution is -0.118. The summed E-state index contributed by atoms with van der Waals surface area (Å²) < 4.78 is 28.2. The van der Waals surface area contributed by atoms with E-state index in [-0.39, 0.29) is 17.4 Å². The molecule has 1 saturated heterocycles. The number of anilines is 2. The maximum atomic E-state index is 12.0. The Bertz CT molecular complexity index is 855. The van der Waals surface area contributed by atoms with Crippen molar-refractivity contribution < 1.29 is 17.9 Å². The highest BCUT2D eigenvalue weighted by molar-refractivity contribution is 7.90. The van der Waals surface area contributed by atoms with Crippen LogP contribution in [0.2, 0.25) is 0 Å². The van der Waals surface area contributed by atoms with Crippen LogP contribution < -0.4 is 15.0 Å². The van der Waals surface area contributed by atoms with Crippen LogP contribution >= 0.6 is 0 Å². The van der Waals surface area contributed by atoms with Gasteiger partial charge in [-0.3, -0.25) is 4.79 Å². The molecule has 1 fully saturated rings. The van der Waals surface area contributed by atoms with Gasteiger partial charge in [0.2, 0.25) is 0 Å². The normalized spacial score (nSPS) is 14.3. The third-order valence-electron chi connectivity index (χ3n) is 4.24. The minimum absolute atomic E-state index is 0.147. The van der Waals surface area contributed by atoms with Crippen molar-refractivity contribution in [1.29, 1.82) is 0 Å². The van der Waals surface area contributed by atoms with E-state index in [1.165, 1.54) is 42.8 Å². The van der Waals surface area contributed by atoms with Gasteiger partial charge in [0.15, 0.2) is 16.4 Å². The number of nitrogens with one attached hydrogen (secondary N) is 1. The minimum atomic E-state index is -3.24. The smallest absolute Gasteiger partial charge is 0.262 e. The summed E-state index contributed by atoms with van der Waals surface area (Å²) in [6.07, 6.45) is 3.59. The number of benzene rings is 2. The highest BCUT2D eigenvalue weighted by Crippen LogP contribution is 2.22. The molecule has 2 aromatic rings. The molecule has 0 unspecified atom stereocenters. The molecule has 0 bridgehead atoms. The van der Waals surface area contributed by atoms with Crippen LogP contribution in [0.15, 0.2) is 53.4 Å². The predicted molar refractivity (Wildman–Crippen MR) is 102 cm³/mol. The van der Waals surface area contributed by atoms with Crippen LogP contribution in [-0.2, 0) is 14.6 Å². The molecule has 7 heteroatoms. The fourth-order valence-electron chi connectivity index (χ4n) is 2.86. The Hall–Kier alpha value is -2.54. The lowest BCUT2D eigenvalue weighted by Gasteiger charge is -2.17. The first-order valence-corrected chi connectivity index (χ1v) is 10.4. The van der Waals surface area contributed by atoms with Crippen molar-refractivity contribution in [3.63, 3.8) is 0 Å². The molecule has 2 aromatic carbocycles. The fraction of sp³-hybridized carbons (Fsp3) is 0.316. The molecule has 1 N–H and O–H groups in total. The van der Waals surface area contributed by atoms with Crippen LogP contribution in [-0.4, -0.2) is 40.3 Å². The van der Waals surface area contributed by atoms with Gasteiger partial charge >= 0.3 is 0 Å². The monoisotopic (exact) mass is 374 g/mol. The van der Waals surface area contributed by atoms with E-state index < -0.39 is 9.84 Å². The molecule has 1 aliphatic rings. The van der Waals surface area contributed by atoms with Crippen LogP contribution in [0.3, 0.4) is 0 Å². The number of hydrogen-bond acceptors (Lipinski definition) is 5. The van der Waals surface area contributed by atoms with Crippen molar-refractivity contribution in [3.8, 4) is 5.75 Å². The van der Waals surface area contributed by atoms with Crippen molar-refractivity contribution in [2.24, 2.45) is 0 Å². The number of rotatable bonds is 6. The predicted octanol–water partition coefficient (Wildman–Crippen LogP) is 2.71. The molecule has 1 amide bonds. The summed E-state index contributed by atoms with van der Waals surface area (Å²) in [7, 11) is -3.24. The molecule has 0 atom stereocenters. The Labute approximate surface area is 153 Å². The zero-order valence-electron chi connectivity index (χ0n) is 14.6. The van der Waals surface area contributed by atoms with Gasteiger partial charge in [-0.15, -0.1) is 0 Å². The van der Waals surface area contributed by atoms with Crippen molar-refractivity contribution in [1.82, 2.24) is 0 Å². The third kappa shape index (κ3) is 4.76. The maximum absolute atomic E-state index is 12.0. The second kappa shape index (κ2) is 7.78. The number of nitrogens with zero attached hydrogens (tertiary/aromatic N) is 1. The van der Waals surface area contributed by atoms with Crippen LogP contribution in [0.4, 0.5) is 11.4 Å². The molecular weight excluding hydrogens is 352 g/mol. The zero-order chi connectivity index (χ0) is 18.6. The van der Waals surface area contributed by atoms with Crippen LogP contribution in [0, 0.1) is 0 Å². The zero-order valence-corrected chi connectivity index (χ0v) is 15.5. The SMILES string of the molecule is CS(=O)(=O)c1ccc(OCC(=O)Nc2ccc(N3CCCC3)cc2)cc1. The molecular formula is C19H22N2O4S. The van der Waals surface area contributed by atoms with E-state index in [1.54, 1.807) is 0 Å². The van der Waals surface area contributed by atoms with Gasteiger partial charge in [0.05, 0.1) is 4.90 Å². The summed E-state index contributed by atoms with van der Waals surface area (Å²) in [6, 6.07) is 13.8. The topological polar surface area (TPSA) is 75.7 Å². The van der Waals surface area contributed by atoms with Gasteiger partial charge in [-0.1, -0.05) is 0 Å². The molecule has 26 heavy (non-hydrogen) atoms. The Morgan fingerprint density at radius 2 is 1.65 bits per heavy atom. The van der Waals surface area contributed by atoms with Crippen molar-refractivity contribution in [2.75, 3.05) is 36.2 Å². The summed E-state index contributed by atoms with van der Waals surface area (Å²) in [5, 5.41) is 2.79. The number of sulfone groups is 1. The molecule has 0 saturated carbocycles. The molecule has 6 nitrogen and oxygen atoms in total. The summed E-state index contributed by atoms with van der Waals surface area (Å²) >= 11 is 0. The van der Waals surface area contributed by atoms with E-state index in [0.29, 0.717) is 11.4 Å². The quantitative estimate of drug-likeness (QED) is 0.841. The summed E-state index contributed by atoms with van der Waals surface area (Å²) in [6.45, 7) is 2.02. The van der Waals surface area contributed by atoms with Crippen LogP contribution in [0.25, 0.3) is 0 Å². The molecule has 1 heterocycles. The van der Waals surface area contributed by atoms with E-state index in [1.807, 2.05) is 24.3 Å². The summed E-state index contributed by atoms with van der Waals surface area (Å²) in [5.74, 6) is 0.169. The largest absolute Gasteiger partial charge is 0.484 e. The van der Waals surface area contributed by atoms with Gasteiger partial charge in [0.1, 0.15) is 5.75 Å². The number of hydrogen-bond donors (Lipinski definition) is 1. The Morgan fingerprint density at radius 1 is 1.04 bits per heavy atom. The highest BCUT2D eigenvalue weighted by atomic mass is 32.2. The molecule has 0 spiro atoms. The molecule has 1 aliphatic heterocycles. The first kappa shape index (κ1) is 18.3. The lowest BCUT2D eigenvalue weighted by Crippen LogP contribution is -2.20. The first-order valence-electron chi connectivity index (χ1n) is 8.49. The Morgan fingerprint density at radius 3 is 2.23 bits per heavy atom. The highest BCUT2D eigenvalue weighted by Gasteiger charge is 2.12. The van der Waals surface area contributed by atoms with E-state index in [4.69, 9.17) is 4.74 Å². The van der Waals surface area contributed by atoms with Crippen molar-refractivity contribution in [3.05, 3.63) is 48.5 Å². The van der Waals surface area contributed by atoms with Crippen molar-refractivity contribution in [2.45, 2.75) is 17.7 Å². The van der Waals surface area contributed by atoms with Crippen LogP contribution in [0.1, 0.15) is 12.8 Å². The van der Waals surface area contributed by atoms with E-state index in [9.17, 15) is 13.2 Å². The van der Waals surface area contributed by atoms with Gasteiger partial charge in [0, 0.05) is 30.7 Å².